The number of pyridine rings is 1. The van der Waals surface area contributed by atoms with Gasteiger partial charge in [-0.05, 0) is 34.7 Å². The molecule has 7 heteroatoms. The van der Waals surface area contributed by atoms with Gasteiger partial charge in [0.2, 0.25) is 0 Å². The van der Waals surface area contributed by atoms with E-state index >= 15 is 0 Å². The number of hydrogen-bond acceptors (Lipinski definition) is 4. The van der Waals surface area contributed by atoms with E-state index in [0.717, 1.165) is 10.6 Å². The third-order valence-electron chi connectivity index (χ3n) is 1.73. The summed E-state index contributed by atoms with van der Waals surface area (Å²) in [6.45, 7) is 0. The number of aromatic nitrogens is 1. The average Bonchev–Trinajstić information content (AvgIpc) is 2.80. The van der Waals surface area contributed by atoms with Crippen molar-refractivity contribution in [2.45, 2.75) is 0 Å². The second kappa shape index (κ2) is 6.26. The Labute approximate surface area is 101 Å². The van der Waals surface area contributed by atoms with Gasteiger partial charge < -0.3 is 5.11 Å². The molecule has 0 aliphatic heterocycles. The van der Waals surface area contributed by atoms with Gasteiger partial charge in [-0.15, -0.1) is 16.9 Å². The molecule has 0 bridgehead atoms. The van der Waals surface area contributed by atoms with Crippen LogP contribution in [0.25, 0.3) is 21.0 Å². The number of rotatable bonds is 2. The monoisotopic (exact) mass is 248 g/mol. The van der Waals surface area contributed by atoms with Gasteiger partial charge >= 0.3 is 5.97 Å². The van der Waals surface area contributed by atoms with Crippen LogP contribution in [0.5, 0.6) is 0 Å². The molecule has 0 amide bonds. The number of aromatic carboxylic acids is 1. The van der Waals surface area contributed by atoms with Crippen LogP contribution < -0.4 is 0 Å². The molecule has 0 aliphatic carbocycles. The van der Waals surface area contributed by atoms with Gasteiger partial charge in [-0.2, -0.15) is 0 Å². The Morgan fingerprint density at radius 2 is 2.12 bits per heavy atom. The average molecular weight is 248 g/mol. The lowest BCUT2D eigenvalue weighted by atomic mass is 10.3. The molecule has 0 aliphatic rings. The van der Waals surface area contributed by atoms with Crippen LogP contribution in [0.4, 0.5) is 0 Å². The number of nitrogens with one attached hydrogen (secondary N) is 1. The molecule has 6 nitrogen and oxygen atoms in total. The predicted octanol–water partition coefficient (Wildman–Crippen LogP) is 3.38. The van der Waals surface area contributed by atoms with Crippen molar-refractivity contribution >= 4 is 17.3 Å². The molecule has 0 saturated heterocycles. The molecule has 0 atom stereocenters. The highest BCUT2D eigenvalue weighted by molar-refractivity contribution is 7.17. The molecule has 2 heterocycles. The fourth-order valence-corrected chi connectivity index (χ4v) is 1.92. The van der Waals surface area contributed by atoms with E-state index in [1.165, 1.54) is 11.3 Å². The Hall–Kier alpha value is -2.37. The van der Waals surface area contributed by atoms with Crippen LogP contribution in [-0.4, -0.2) is 16.1 Å². The number of carboxylic acid groups (broad SMARTS) is 1. The van der Waals surface area contributed by atoms with Crippen LogP contribution in [0, 0.1) is 5.53 Å². The van der Waals surface area contributed by atoms with Gasteiger partial charge in [-0.25, -0.2) is 4.79 Å². The first-order valence-corrected chi connectivity index (χ1v) is 5.26. The van der Waals surface area contributed by atoms with Crippen molar-refractivity contribution in [3.8, 4) is 10.6 Å². The molecule has 0 radical (unpaired) electrons. The maximum Gasteiger partial charge on any atom is 0.345 e. The third kappa shape index (κ3) is 3.60. The van der Waals surface area contributed by atoms with E-state index in [4.69, 9.17) is 16.2 Å². The number of carboxylic acids is 1. The van der Waals surface area contributed by atoms with E-state index in [9.17, 15) is 4.79 Å². The first-order chi connectivity index (χ1) is 8.19. The molecule has 0 fully saturated rings. The maximum absolute atomic E-state index is 10.6. The SMILES string of the molecule is O=C(O)c1ccc(-c2ccccn2)s1.[N-]=[N+]=N. The largest absolute Gasteiger partial charge is 0.477 e. The van der Waals surface area contributed by atoms with Crippen LogP contribution in [0.15, 0.2) is 36.5 Å². The minimum atomic E-state index is -0.891. The second-order valence-electron chi connectivity index (χ2n) is 2.78. The molecule has 0 spiro atoms. The topological polar surface area (TPSA) is 110 Å². The summed E-state index contributed by atoms with van der Waals surface area (Å²) < 4.78 is 0. The van der Waals surface area contributed by atoms with Gasteiger partial charge in [-0.1, -0.05) is 6.07 Å². The van der Waals surface area contributed by atoms with Crippen molar-refractivity contribution in [2.75, 3.05) is 0 Å². The summed E-state index contributed by atoms with van der Waals surface area (Å²) >= 11 is 1.23. The lowest BCUT2D eigenvalue weighted by Gasteiger charge is -1.92. The number of thiophene rings is 1. The van der Waals surface area contributed by atoms with Gasteiger partial charge in [0.1, 0.15) is 4.88 Å². The molecule has 2 N–H and O–H groups in total. The Kier molecular flexibility index (Phi) is 4.68. The van der Waals surface area contributed by atoms with E-state index in [1.54, 1.807) is 23.2 Å². The van der Waals surface area contributed by atoms with Gasteiger partial charge in [0.15, 0.2) is 0 Å². The van der Waals surface area contributed by atoms with Crippen molar-refractivity contribution in [3.05, 3.63) is 51.8 Å². The Morgan fingerprint density at radius 1 is 1.41 bits per heavy atom. The molecule has 0 aromatic carbocycles. The first-order valence-electron chi connectivity index (χ1n) is 4.44. The fourth-order valence-electron chi connectivity index (χ4n) is 1.10. The van der Waals surface area contributed by atoms with Crippen molar-refractivity contribution in [2.24, 2.45) is 0 Å². The normalized spacial score (nSPS) is 8.71. The molecular weight excluding hydrogens is 240 g/mol. The number of nitrogens with zero attached hydrogens (tertiary/aromatic N) is 3. The van der Waals surface area contributed by atoms with Crippen molar-refractivity contribution in [3.63, 3.8) is 0 Å². The van der Waals surface area contributed by atoms with Gasteiger partial charge in [-0.3, -0.25) is 4.98 Å². The van der Waals surface area contributed by atoms with E-state index in [0.29, 0.717) is 4.88 Å². The van der Waals surface area contributed by atoms with Crippen LogP contribution in [-0.2, 0) is 0 Å². The van der Waals surface area contributed by atoms with Crippen LogP contribution in [0.1, 0.15) is 9.67 Å². The molecule has 2 aromatic rings. The van der Waals surface area contributed by atoms with Crippen molar-refractivity contribution in [1.82, 2.24) is 4.98 Å². The zero-order valence-electron chi connectivity index (χ0n) is 8.57. The van der Waals surface area contributed by atoms with E-state index in [-0.39, 0.29) is 0 Å². The number of hydrogen-bond donors (Lipinski definition) is 2. The molecule has 2 rings (SSSR count). The van der Waals surface area contributed by atoms with Crippen LogP contribution in [0.2, 0.25) is 0 Å². The Morgan fingerprint density at radius 3 is 2.59 bits per heavy atom. The van der Waals surface area contributed by atoms with E-state index < -0.39 is 5.97 Å². The summed E-state index contributed by atoms with van der Waals surface area (Å²) in [5, 5.41) is 8.74. The standard InChI is InChI=1S/C10H7NO2S.HN3/c12-10(13)9-5-4-8(14-9)7-3-1-2-6-11-7;1-3-2/h1-6H,(H,12,13);1H. The zero-order chi connectivity index (χ0) is 12.7. The molecule has 86 valence electrons. The highest BCUT2D eigenvalue weighted by Gasteiger charge is 2.08. The summed E-state index contributed by atoms with van der Waals surface area (Å²) in [5.41, 5.74) is 13.1. The smallest absolute Gasteiger partial charge is 0.345 e. The minimum Gasteiger partial charge on any atom is -0.477 e. The summed E-state index contributed by atoms with van der Waals surface area (Å²) in [7, 11) is 0. The van der Waals surface area contributed by atoms with Gasteiger partial charge in [0, 0.05) is 6.20 Å². The highest BCUT2D eigenvalue weighted by atomic mass is 32.1. The van der Waals surface area contributed by atoms with Crippen molar-refractivity contribution < 1.29 is 9.90 Å². The number of carbonyl (C=O) groups is 1. The Balaban J connectivity index is 0.000000437. The zero-order valence-corrected chi connectivity index (χ0v) is 9.39. The summed E-state index contributed by atoms with van der Waals surface area (Å²) in [6.07, 6.45) is 1.69. The summed E-state index contributed by atoms with van der Waals surface area (Å²) in [5.74, 6) is -0.891. The molecular formula is C10H8N4O2S. The molecule has 0 unspecified atom stereocenters. The third-order valence-corrected chi connectivity index (χ3v) is 2.83. The minimum absolute atomic E-state index is 0.339. The molecule has 17 heavy (non-hydrogen) atoms. The van der Waals surface area contributed by atoms with Gasteiger partial charge in [0.05, 0.1) is 10.6 Å². The maximum atomic E-state index is 10.6. The Bertz CT molecular complexity index is 532. The van der Waals surface area contributed by atoms with E-state index in [2.05, 4.69) is 4.98 Å². The predicted molar refractivity (Wildman–Crippen MR) is 63.9 cm³/mol. The van der Waals surface area contributed by atoms with E-state index in [1.807, 2.05) is 18.2 Å². The lowest BCUT2D eigenvalue weighted by Crippen LogP contribution is -1.89. The second-order valence-corrected chi connectivity index (χ2v) is 3.87. The lowest BCUT2D eigenvalue weighted by molar-refractivity contribution is 0.0702. The summed E-state index contributed by atoms with van der Waals surface area (Å²) in [4.78, 5) is 17.7. The van der Waals surface area contributed by atoms with Crippen LogP contribution in [0.3, 0.4) is 0 Å². The molecule has 2 aromatic heterocycles. The molecule has 0 saturated carbocycles. The van der Waals surface area contributed by atoms with Gasteiger partial charge in [0.25, 0.3) is 0 Å². The summed E-state index contributed by atoms with van der Waals surface area (Å²) in [6, 6.07) is 8.93. The highest BCUT2D eigenvalue weighted by Crippen LogP contribution is 2.25. The quantitative estimate of drug-likeness (QED) is 0.482. The first kappa shape index (κ1) is 12.7. The van der Waals surface area contributed by atoms with Crippen molar-refractivity contribution in [1.29, 1.82) is 5.53 Å². The van der Waals surface area contributed by atoms with Crippen LogP contribution >= 0.6 is 11.3 Å². The fraction of sp³-hybridized carbons (Fsp3) is 0.